The summed E-state index contributed by atoms with van der Waals surface area (Å²) in [6.45, 7) is 25.6. The van der Waals surface area contributed by atoms with E-state index in [0.29, 0.717) is 11.3 Å². The van der Waals surface area contributed by atoms with Crippen LogP contribution in [0.15, 0.2) is 37.0 Å². The van der Waals surface area contributed by atoms with Crippen molar-refractivity contribution in [3.63, 3.8) is 0 Å². The molecule has 0 saturated heterocycles. The number of allylic oxidation sites excluding steroid dienone is 4. The maximum atomic E-state index is 4.02. The van der Waals surface area contributed by atoms with E-state index in [1.165, 1.54) is 76.7 Å². The van der Waals surface area contributed by atoms with Crippen LogP contribution in [0.1, 0.15) is 79.6 Å². The van der Waals surface area contributed by atoms with Crippen LogP contribution in [0, 0.1) is 11.3 Å². The van der Waals surface area contributed by atoms with Gasteiger partial charge in [-0.15, -0.1) is 0 Å². The summed E-state index contributed by atoms with van der Waals surface area (Å²) in [7, 11) is 0. The largest absolute Gasteiger partial charge is 0.302 e. The van der Waals surface area contributed by atoms with Gasteiger partial charge < -0.3 is 4.90 Å². The molecule has 1 rings (SSSR count). The zero-order valence-electron chi connectivity index (χ0n) is 19.7. The highest BCUT2D eigenvalue weighted by molar-refractivity contribution is 5.24. The molecule has 1 fully saturated rings. The van der Waals surface area contributed by atoms with Crippen LogP contribution >= 0.6 is 0 Å². The summed E-state index contributed by atoms with van der Waals surface area (Å²) in [6, 6.07) is 0.763. The zero-order chi connectivity index (χ0) is 21.0. The van der Waals surface area contributed by atoms with Crippen molar-refractivity contribution in [3.05, 3.63) is 37.0 Å². The monoisotopic (exact) mass is 388 g/mol. The van der Waals surface area contributed by atoms with E-state index in [4.69, 9.17) is 0 Å². The highest BCUT2D eigenvalue weighted by Gasteiger charge is 2.23. The quantitative estimate of drug-likeness (QED) is 0.343. The van der Waals surface area contributed by atoms with Crippen LogP contribution in [0.4, 0.5) is 0 Å². The SMILES string of the molecule is C=C/C=C(\C=C)C1CCCC(N(CC)CCN(CC)CC(C)(C)CC)CCC1. The Morgan fingerprint density at radius 2 is 1.61 bits per heavy atom. The van der Waals surface area contributed by atoms with Crippen molar-refractivity contribution in [1.29, 1.82) is 0 Å². The lowest BCUT2D eigenvalue weighted by molar-refractivity contribution is 0.123. The number of nitrogens with zero attached hydrogens (tertiary/aromatic N) is 2. The van der Waals surface area contributed by atoms with Gasteiger partial charge >= 0.3 is 0 Å². The summed E-state index contributed by atoms with van der Waals surface area (Å²) in [5, 5.41) is 0. The van der Waals surface area contributed by atoms with E-state index >= 15 is 0 Å². The van der Waals surface area contributed by atoms with Gasteiger partial charge in [-0.05, 0) is 62.1 Å². The minimum absolute atomic E-state index is 0.421. The molecule has 2 heteroatoms. The van der Waals surface area contributed by atoms with Crippen LogP contribution in [0.25, 0.3) is 0 Å². The van der Waals surface area contributed by atoms with E-state index in [0.717, 1.165) is 12.6 Å². The van der Waals surface area contributed by atoms with Gasteiger partial charge in [0.15, 0.2) is 0 Å². The lowest BCUT2D eigenvalue weighted by Crippen LogP contribution is -2.43. The number of hydrogen-bond acceptors (Lipinski definition) is 2. The van der Waals surface area contributed by atoms with Crippen molar-refractivity contribution in [2.45, 2.75) is 85.6 Å². The van der Waals surface area contributed by atoms with E-state index in [-0.39, 0.29) is 0 Å². The Labute approximate surface area is 176 Å². The third-order valence-corrected chi connectivity index (χ3v) is 6.88. The second-order valence-electron chi connectivity index (χ2n) is 9.33. The average molecular weight is 389 g/mol. The standard InChI is InChI=1S/C26H48N2/c1-8-15-23(9-2)24-16-13-18-25(19-14-17-24)28(12-5)21-20-27(11-4)22-26(6,7)10-3/h8-9,15,24-25H,1-2,10-14,16-22H2,3-7H3/b23-15+. The van der Waals surface area contributed by atoms with Crippen LogP contribution in [0.2, 0.25) is 0 Å². The Balaban J connectivity index is 2.57. The minimum Gasteiger partial charge on any atom is -0.302 e. The predicted octanol–water partition coefficient (Wildman–Crippen LogP) is 6.70. The first-order valence-corrected chi connectivity index (χ1v) is 11.8. The van der Waals surface area contributed by atoms with Crippen molar-refractivity contribution < 1.29 is 0 Å². The Kier molecular flexibility index (Phi) is 12.0. The van der Waals surface area contributed by atoms with Crippen molar-refractivity contribution >= 4 is 0 Å². The highest BCUT2D eigenvalue weighted by atomic mass is 15.2. The van der Waals surface area contributed by atoms with E-state index in [9.17, 15) is 0 Å². The second-order valence-corrected chi connectivity index (χ2v) is 9.33. The van der Waals surface area contributed by atoms with Gasteiger partial charge in [0.2, 0.25) is 0 Å². The molecule has 1 aliphatic rings. The van der Waals surface area contributed by atoms with Gasteiger partial charge in [0.1, 0.15) is 0 Å². The second kappa shape index (κ2) is 13.4. The minimum atomic E-state index is 0.421. The summed E-state index contributed by atoms with van der Waals surface area (Å²) in [6.07, 6.45) is 15.3. The fourth-order valence-corrected chi connectivity index (χ4v) is 4.63. The maximum Gasteiger partial charge on any atom is 0.0112 e. The molecule has 28 heavy (non-hydrogen) atoms. The predicted molar refractivity (Wildman–Crippen MR) is 127 cm³/mol. The van der Waals surface area contributed by atoms with Gasteiger partial charge in [-0.1, -0.05) is 78.8 Å². The number of hydrogen-bond donors (Lipinski definition) is 0. The lowest BCUT2D eigenvalue weighted by atomic mass is 9.83. The molecular weight excluding hydrogens is 340 g/mol. The fourth-order valence-electron chi connectivity index (χ4n) is 4.63. The van der Waals surface area contributed by atoms with Crippen LogP contribution in [0.5, 0.6) is 0 Å². The van der Waals surface area contributed by atoms with Crippen molar-refractivity contribution in [3.8, 4) is 0 Å². The first-order chi connectivity index (χ1) is 13.4. The van der Waals surface area contributed by atoms with Crippen LogP contribution in [-0.2, 0) is 0 Å². The molecule has 0 radical (unpaired) electrons. The normalized spacial score (nSPS) is 22.2. The molecule has 0 N–H and O–H groups in total. The third kappa shape index (κ3) is 8.66. The summed E-state index contributed by atoms with van der Waals surface area (Å²) < 4.78 is 0. The molecule has 0 heterocycles. The summed E-state index contributed by atoms with van der Waals surface area (Å²) in [4.78, 5) is 5.41. The van der Waals surface area contributed by atoms with E-state index in [1.54, 1.807) is 0 Å². The first kappa shape index (κ1) is 25.2. The molecule has 1 saturated carbocycles. The smallest absolute Gasteiger partial charge is 0.0112 e. The van der Waals surface area contributed by atoms with Gasteiger partial charge in [-0.25, -0.2) is 0 Å². The molecule has 162 valence electrons. The molecule has 1 aliphatic carbocycles. The van der Waals surface area contributed by atoms with Gasteiger partial charge in [0, 0.05) is 25.7 Å². The topological polar surface area (TPSA) is 6.48 Å². The highest BCUT2D eigenvalue weighted by Crippen LogP contribution is 2.30. The zero-order valence-corrected chi connectivity index (χ0v) is 19.7. The Hall–Kier alpha value is -0.860. The Morgan fingerprint density at radius 3 is 2.07 bits per heavy atom. The summed E-state index contributed by atoms with van der Waals surface area (Å²) in [5.74, 6) is 0.679. The Bertz CT molecular complexity index is 467. The molecular formula is C26H48N2. The lowest BCUT2D eigenvalue weighted by Gasteiger charge is -2.36. The molecule has 0 bridgehead atoms. The molecule has 0 spiro atoms. The van der Waals surface area contributed by atoms with E-state index in [2.05, 4.69) is 63.7 Å². The van der Waals surface area contributed by atoms with Gasteiger partial charge in [-0.2, -0.15) is 0 Å². The molecule has 0 aromatic heterocycles. The van der Waals surface area contributed by atoms with Crippen molar-refractivity contribution in [1.82, 2.24) is 9.80 Å². The fraction of sp³-hybridized carbons (Fsp3) is 0.769. The summed E-state index contributed by atoms with van der Waals surface area (Å²) in [5.41, 5.74) is 1.81. The molecule has 0 atom stereocenters. The van der Waals surface area contributed by atoms with E-state index in [1.807, 2.05) is 12.2 Å². The number of rotatable bonds is 12. The van der Waals surface area contributed by atoms with Crippen molar-refractivity contribution in [2.24, 2.45) is 11.3 Å². The van der Waals surface area contributed by atoms with E-state index < -0.39 is 0 Å². The van der Waals surface area contributed by atoms with Gasteiger partial charge in [-0.3, -0.25) is 4.90 Å². The van der Waals surface area contributed by atoms with Crippen LogP contribution < -0.4 is 0 Å². The average Bonchev–Trinajstić information content (AvgIpc) is 2.67. The van der Waals surface area contributed by atoms with Gasteiger partial charge in [0.05, 0.1) is 0 Å². The van der Waals surface area contributed by atoms with Crippen LogP contribution in [-0.4, -0.2) is 48.6 Å². The molecule has 0 amide bonds. The van der Waals surface area contributed by atoms with Crippen LogP contribution in [0.3, 0.4) is 0 Å². The third-order valence-electron chi connectivity index (χ3n) is 6.88. The van der Waals surface area contributed by atoms with Crippen molar-refractivity contribution in [2.75, 3.05) is 32.7 Å². The molecule has 0 aromatic carbocycles. The molecule has 0 unspecified atom stereocenters. The first-order valence-electron chi connectivity index (χ1n) is 11.8. The number of likely N-dealkylation sites (N-methyl/N-ethyl adjacent to an activating group) is 2. The van der Waals surface area contributed by atoms with Gasteiger partial charge in [0.25, 0.3) is 0 Å². The Morgan fingerprint density at radius 1 is 0.964 bits per heavy atom. The molecule has 0 aliphatic heterocycles. The maximum absolute atomic E-state index is 4.02. The summed E-state index contributed by atoms with van der Waals surface area (Å²) >= 11 is 0. The molecule has 2 nitrogen and oxygen atoms in total. The molecule has 0 aromatic rings.